The van der Waals surface area contributed by atoms with Crippen LogP contribution in [0.15, 0.2) is 35.7 Å². The fraction of sp³-hybridized carbons (Fsp3) is 0.389. The van der Waals surface area contributed by atoms with Crippen LogP contribution in [-0.2, 0) is 21.5 Å². The second kappa shape index (κ2) is 7.65. The van der Waals surface area contributed by atoms with Gasteiger partial charge in [-0.3, -0.25) is 0 Å². The number of hydrogen-bond acceptors (Lipinski definition) is 8. The van der Waals surface area contributed by atoms with Crippen molar-refractivity contribution in [2.24, 2.45) is 5.16 Å². The van der Waals surface area contributed by atoms with Crippen molar-refractivity contribution in [3.8, 4) is 11.1 Å². The van der Waals surface area contributed by atoms with Crippen LogP contribution in [0.3, 0.4) is 0 Å². The Balaban J connectivity index is 1.32. The summed E-state index contributed by atoms with van der Waals surface area (Å²) in [6.45, 7) is 1.28. The Morgan fingerprint density at radius 3 is 2.59 bits per heavy atom. The molecule has 9 nitrogen and oxygen atoms in total. The van der Waals surface area contributed by atoms with Crippen LogP contribution in [0, 0.1) is 5.82 Å². The van der Waals surface area contributed by atoms with E-state index in [4.69, 9.17) is 4.84 Å². The highest BCUT2D eigenvalue weighted by atomic mass is 32.2. The summed E-state index contributed by atoms with van der Waals surface area (Å²) in [6, 6.07) is 4.82. The molecule has 154 valence electrons. The molecule has 0 saturated carbocycles. The molecule has 0 amide bonds. The quantitative estimate of drug-likeness (QED) is 0.681. The van der Waals surface area contributed by atoms with Crippen molar-refractivity contribution >= 4 is 21.7 Å². The first-order valence-corrected chi connectivity index (χ1v) is 10.8. The Bertz CT molecular complexity index is 1030. The van der Waals surface area contributed by atoms with Gasteiger partial charge in [0.25, 0.3) is 0 Å². The van der Waals surface area contributed by atoms with E-state index in [1.807, 2.05) is 4.90 Å². The Kier molecular flexibility index (Phi) is 5.19. The third-order valence-electron chi connectivity index (χ3n) is 4.84. The molecule has 2 saturated heterocycles. The first kappa shape index (κ1) is 19.7. The summed E-state index contributed by atoms with van der Waals surface area (Å²) in [5.41, 5.74) is 1.91. The standard InChI is InChI=1S/C18H20FN5O4S/c1-29(26,27)24-9-15(10-24)28-22-14-7-23(8-14)18-20-5-13(6-21-18)16-4-2-3-12(11-25)17(16)19/h2-6,15,25H,7-11H2,1H3. The van der Waals surface area contributed by atoms with E-state index in [0.29, 0.717) is 43.3 Å². The van der Waals surface area contributed by atoms with E-state index in [0.717, 1.165) is 5.71 Å². The van der Waals surface area contributed by atoms with Crippen molar-refractivity contribution in [1.29, 1.82) is 0 Å². The van der Waals surface area contributed by atoms with Crippen LogP contribution in [0.25, 0.3) is 11.1 Å². The molecule has 3 heterocycles. The summed E-state index contributed by atoms with van der Waals surface area (Å²) in [5, 5.41) is 13.3. The minimum absolute atomic E-state index is 0.216. The zero-order chi connectivity index (χ0) is 20.6. The third-order valence-corrected chi connectivity index (χ3v) is 6.08. The second-order valence-corrected chi connectivity index (χ2v) is 9.01. The lowest BCUT2D eigenvalue weighted by Gasteiger charge is -2.36. The molecule has 1 N–H and O–H groups in total. The van der Waals surface area contributed by atoms with Gasteiger partial charge < -0.3 is 14.8 Å². The predicted molar refractivity (Wildman–Crippen MR) is 104 cm³/mol. The number of oxime groups is 1. The van der Waals surface area contributed by atoms with Gasteiger partial charge in [-0.25, -0.2) is 22.8 Å². The van der Waals surface area contributed by atoms with Gasteiger partial charge in [-0.1, -0.05) is 23.4 Å². The van der Waals surface area contributed by atoms with E-state index in [1.165, 1.54) is 16.6 Å². The number of aliphatic hydroxyl groups excluding tert-OH is 1. The fourth-order valence-corrected chi connectivity index (χ4v) is 3.90. The molecule has 0 atom stereocenters. The molecule has 0 unspecified atom stereocenters. The number of sulfonamides is 1. The highest BCUT2D eigenvalue weighted by Crippen LogP contribution is 2.25. The molecule has 2 aromatic rings. The number of rotatable bonds is 6. The molecule has 29 heavy (non-hydrogen) atoms. The maximum absolute atomic E-state index is 14.3. The van der Waals surface area contributed by atoms with Gasteiger partial charge in [0.15, 0.2) is 6.10 Å². The zero-order valence-corrected chi connectivity index (χ0v) is 16.5. The first-order chi connectivity index (χ1) is 13.8. The van der Waals surface area contributed by atoms with Crippen LogP contribution in [0.1, 0.15) is 5.56 Å². The first-order valence-electron chi connectivity index (χ1n) is 8.97. The van der Waals surface area contributed by atoms with Gasteiger partial charge in [-0.05, 0) is 0 Å². The molecule has 11 heteroatoms. The van der Waals surface area contributed by atoms with Crippen LogP contribution in [0.2, 0.25) is 0 Å². The molecule has 2 aliphatic rings. The van der Waals surface area contributed by atoms with Crippen LogP contribution in [0.4, 0.5) is 10.3 Å². The Hall–Kier alpha value is -2.63. The summed E-state index contributed by atoms with van der Waals surface area (Å²) in [6.07, 6.45) is 4.04. The summed E-state index contributed by atoms with van der Waals surface area (Å²) < 4.78 is 38.3. The number of nitrogens with zero attached hydrogens (tertiary/aromatic N) is 5. The maximum Gasteiger partial charge on any atom is 0.225 e. The maximum atomic E-state index is 14.3. The Labute approximate surface area is 167 Å². The number of aromatic nitrogens is 2. The molecule has 2 aliphatic heterocycles. The van der Waals surface area contributed by atoms with E-state index in [-0.39, 0.29) is 18.3 Å². The summed E-state index contributed by atoms with van der Waals surface area (Å²) in [5.74, 6) is 0.0191. The average molecular weight is 421 g/mol. The van der Waals surface area contributed by atoms with E-state index >= 15 is 0 Å². The van der Waals surface area contributed by atoms with Crippen molar-refractivity contribution in [2.45, 2.75) is 12.7 Å². The van der Waals surface area contributed by atoms with Gasteiger partial charge in [-0.15, -0.1) is 0 Å². The van der Waals surface area contributed by atoms with Gasteiger partial charge in [0.1, 0.15) is 5.82 Å². The van der Waals surface area contributed by atoms with Crippen LogP contribution >= 0.6 is 0 Å². The summed E-state index contributed by atoms with van der Waals surface area (Å²) in [4.78, 5) is 15.8. The molecule has 1 aromatic heterocycles. The monoisotopic (exact) mass is 421 g/mol. The predicted octanol–water partition coefficient (Wildman–Crippen LogP) is 0.611. The average Bonchev–Trinajstić information content (AvgIpc) is 2.61. The summed E-state index contributed by atoms with van der Waals surface area (Å²) >= 11 is 0. The lowest BCUT2D eigenvalue weighted by atomic mass is 10.1. The minimum atomic E-state index is -3.16. The smallest absolute Gasteiger partial charge is 0.225 e. The van der Waals surface area contributed by atoms with Crippen molar-refractivity contribution in [1.82, 2.24) is 14.3 Å². The molecular formula is C18H20FN5O4S. The fourth-order valence-electron chi connectivity index (χ4n) is 3.03. The number of aliphatic hydroxyl groups is 1. The van der Waals surface area contributed by atoms with E-state index in [2.05, 4.69) is 15.1 Å². The van der Waals surface area contributed by atoms with Gasteiger partial charge in [0.05, 0.1) is 44.8 Å². The van der Waals surface area contributed by atoms with Crippen molar-refractivity contribution in [3.05, 3.63) is 42.0 Å². The zero-order valence-electron chi connectivity index (χ0n) is 15.7. The number of hydrogen-bond donors (Lipinski definition) is 1. The van der Waals surface area contributed by atoms with Crippen LogP contribution in [0.5, 0.6) is 0 Å². The lowest BCUT2D eigenvalue weighted by molar-refractivity contribution is -0.0174. The normalized spacial score (nSPS) is 17.6. The van der Waals surface area contributed by atoms with Crippen LogP contribution < -0.4 is 4.90 Å². The van der Waals surface area contributed by atoms with Gasteiger partial charge in [0.2, 0.25) is 16.0 Å². The number of halogens is 1. The molecule has 0 aliphatic carbocycles. The minimum Gasteiger partial charge on any atom is -0.392 e. The largest absolute Gasteiger partial charge is 0.392 e. The summed E-state index contributed by atoms with van der Waals surface area (Å²) in [7, 11) is -3.16. The third kappa shape index (κ3) is 4.07. The molecule has 1 aromatic carbocycles. The van der Waals surface area contributed by atoms with E-state index < -0.39 is 15.8 Å². The van der Waals surface area contributed by atoms with Crippen molar-refractivity contribution in [3.63, 3.8) is 0 Å². The highest BCUT2D eigenvalue weighted by Gasteiger charge is 2.35. The van der Waals surface area contributed by atoms with E-state index in [9.17, 15) is 17.9 Å². The molecule has 0 bridgehead atoms. The molecule has 0 radical (unpaired) electrons. The Morgan fingerprint density at radius 2 is 1.97 bits per heavy atom. The van der Waals surface area contributed by atoms with Gasteiger partial charge in [-0.2, -0.15) is 4.31 Å². The molecule has 4 rings (SSSR count). The lowest BCUT2D eigenvalue weighted by Crippen LogP contribution is -2.54. The highest BCUT2D eigenvalue weighted by molar-refractivity contribution is 7.88. The van der Waals surface area contributed by atoms with Crippen molar-refractivity contribution in [2.75, 3.05) is 37.3 Å². The second-order valence-electron chi connectivity index (χ2n) is 7.03. The number of anilines is 1. The number of benzene rings is 1. The van der Waals surface area contributed by atoms with Crippen molar-refractivity contribution < 1.29 is 22.8 Å². The Morgan fingerprint density at radius 1 is 1.28 bits per heavy atom. The van der Waals surface area contributed by atoms with E-state index in [1.54, 1.807) is 24.5 Å². The molecule has 2 fully saturated rings. The SMILES string of the molecule is CS(=O)(=O)N1CC(ON=C2CN(c3ncc(-c4cccc(CO)c4F)cn3)C2)C1. The van der Waals surface area contributed by atoms with Gasteiger partial charge in [0, 0.05) is 29.1 Å². The topological polar surface area (TPSA) is 108 Å². The molecule has 0 spiro atoms. The van der Waals surface area contributed by atoms with Gasteiger partial charge >= 0.3 is 0 Å². The molecular weight excluding hydrogens is 401 g/mol. The van der Waals surface area contributed by atoms with Crippen LogP contribution in [-0.4, -0.2) is 72.0 Å².